The first-order valence-electron chi connectivity index (χ1n) is 6.41. The third-order valence-corrected chi connectivity index (χ3v) is 2.89. The predicted molar refractivity (Wildman–Crippen MR) is 73.5 cm³/mol. The summed E-state index contributed by atoms with van der Waals surface area (Å²) >= 11 is 0. The molecule has 2 aromatic rings. The van der Waals surface area contributed by atoms with Crippen LogP contribution < -0.4 is 5.32 Å². The van der Waals surface area contributed by atoms with Gasteiger partial charge in [0.25, 0.3) is 0 Å². The Hall–Kier alpha value is -1.84. The minimum absolute atomic E-state index is 0.205. The summed E-state index contributed by atoms with van der Waals surface area (Å²) in [6.07, 6.45) is 6.86. The van der Waals surface area contributed by atoms with E-state index in [4.69, 9.17) is 0 Å². The fourth-order valence-electron chi connectivity index (χ4n) is 1.98. The molecule has 18 heavy (non-hydrogen) atoms. The number of nitrogens with zero attached hydrogens (tertiary/aromatic N) is 3. The number of aryl methyl sites for hydroxylation is 2. The molecule has 0 radical (unpaired) electrons. The lowest BCUT2D eigenvalue weighted by Crippen LogP contribution is -2.11. The normalized spacial score (nSPS) is 12.4. The van der Waals surface area contributed by atoms with E-state index in [2.05, 4.69) is 46.0 Å². The van der Waals surface area contributed by atoms with E-state index >= 15 is 0 Å². The van der Waals surface area contributed by atoms with Gasteiger partial charge in [-0.25, -0.2) is 4.98 Å². The second-order valence-electron chi connectivity index (χ2n) is 4.55. The van der Waals surface area contributed by atoms with E-state index in [1.807, 2.05) is 19.2 Å². The van der Waals surface area contributed by atoms with Gasteiger partial charge in [-0.15, -0.1) is 0 Å². The molecule has 0 saturated heterocycles. The van der Waals surface area contributed by atoms with E-state index in [-0.39, 0.29) is 6.04 Å². The molecule has 1 unspecified atom stereocenters. The quantitative estimate of drug-likeness (QED) is 0.878. The van der Waals surface area contributed by atoms with Gasteiger partial charge in [-0.05, 0) is 31.9 Å². The first kappa shape index (κ1) is 12.6. The summed E-state index contributed by atoms with van der Waals surface area (Å²) in [6.45, 7) is 7.30. The van der Waals surface area contributed by atoms with Crippen molar-refractivity contribution in [1.29, 1.82) is 0 Å². The lowest BCUT2D eigenvalue weighted by molar-refractivity contribution is 0.674. The second-order valence-corrected chi connectivity index (χ2v) is 4.55. The Morgan fingerprint density at radius 1 is 1.44 bits per heavy atom. The molecule has 0 bridgehead atoms. The van der Waals surface area contributed by atoms with E-state index in [0.29, 0.717) is 0 Å². The molecule has 0 aliphatic rings. The van der Waals surface area contributed by atoms with Crippen LogP contribution in [0.5, 0.6) is 0 Å². The Balaban J connectivity index is 2.13. The highest BCUT2D eigenvalue weighted by Crippen LogP contribution is 2.18. The Bertz CT molecular complexity index is 490. The molecule has 0 aromatic carbocycles. The second kappa shape index (κ2) is 5.67. The van der Waals surface area contributed by atoms with Gasteiger partial charge in [0.2, 0.25) is 5.95 Å². The summed E-state index contributed by atoms with van der Waals surface area (Å²) < 4.78 is 2.17. The number of rotatable bonds is 5. The minimum Gasteiger partial charge on any atom is -0.349 e. The smallest absolute Gasteiger partial charge is 0.203 e. The van der Waals surface area contributed by atoms with Gasteiger partial charge in [0.1, 0.15) is 0 Å². The molecule has 2 heterocycles. The Morgan fingerprint density at radius 3 is 2.94 bits per heavy atom. The number of pyridine rings is 1. The van der Waals surface area contributed by atoms with Crippen molar-refractivity contribution in [1.82, 2.24) is 14.5 Å². The molecule has 96 valence electrons. The zero-order valence-electron chi connectivity index (χ0n) is 11.2. The standard InChI is InChI=1S/C14H20N4/c1-4-8-18-10-11(2)16-14(18)17-12(3)13-6-5-7-15-9-13/h5-7,9-10,12H,4,8H2,1-3H3,(H,16,17). The van der Waals surface area contributed by atoms with Crippen LogP contribution in [-0.2, 0) is 6.54 Å². The number of nitrogens with one attached hydrogen (secondary N) is 1. The molecule has 4 heteroatoms. The summed E-state index contributed by atoms with van der Waals surface area (Å²) in [5.41, 5.74) is 2.21. The third kappa shape index (κ3) is 2.88. The zero-order chi connectivity index (χ0) is 13.0. The van der Waals surface area contributed by atoms with Gasteiger partial charge in [-0.1, -0.05) is 13.0 Å². The fourth-order valence-corrected chi connectivity index (χ4v) is 1.98. The molecule has 0 fully saturated rings. The first-order chi connectivity index (χ1) is 8.70. The summed E-state index contributed by atoms with van der Waals surface area (Å²) in [7, 11) is 0. The lowest BCUT2D eigenvalue weighted by Gasteiger charge is -2.15. The van der Waals surface area contributed by atoms with Crippen molar-refractivity contribution in [3.8, 4) is 0 Å². The highest BCUT2D eigenvalue weighted by Gasteiger charge is 2.10. The SMILES string of the molecule is CCCn1cc(C)nc1NC(C)c1cccnc1. The van der Waals surface area contributed by atoms with E-state index in [9.17, 15) is 0 Å². The summed E-state index contributed by atoms with van der Waals surface area (Å²) in [6, 6.07) is 4.23. The minimum atomic E-state index is 0.205. The molecule has 0 spiro atoms. The van der Waals surface area contributed by atoms with Crippen LogP contribution >= 0.6 is 0 Å². The maximum atomic E-state index is 4.53. The molecular weight excluding hydrogens is 224 g/mol. The number of imidazole rings is 1. The Kier molecular flexibility index (Phi) is 3.97. The molecule has 0 aliphatic carbocycles. The zero-order valence-corrected chi connectivity index (χ0v) is 11.2. The maximum Gasteiger partial charge on any atom is 0.203 e. The largest absolute Gasteiger partial charge is 0.349 e. The molecule has 0 amide bonds. The van der Waals surface area contributed by atoms with Crippen LogP contribution in [0, 0.1) is 6.92 Å². The van der Waals surface area contributed by atoms with Crippen LogP contribution in [0.2, 0.25) is 0 Å². The first-order valence-corrected chi connectivity index (χ1v) is 6.41. The van der Waals surface area contributed by atoms with E-state index in [1.54, 1.807) is 6.20 Å². The van der Waals surface area contributed by atoms with Crippen molar-refractivity contribution in [2.45, 2.75) is 39.8 Å². The maximum absolute atomic E-state index is 4.53. The van der Waals surface area contributed by atoms with Crippen molar-refractivity contribution in [2.24, 2.45) is 0 Å². The van der Waals surface area contributed by atoms with Crippen molar-refractivity contribution in [2.75, 3.05) is 5.32 Å². The average molecular weight is 244 g/mol. The number of aromatic nitrogens is 3. The van der Waals surface area contributed by atoms with Crippen LogP contribution in [0.1, 0.15) is 37.6 Å². The van der Waals surface area contributed by atoms with Gasteiger partial charge in [0, 0.05) is 25.1 Å². The van der Waals surface area contributed by atoms with Crippen LogP contribution in [0.25, 0.3) is 0 Å². The van der Waals surface area contributed by atoms with Gasteiger partial charge in [-0.3, -0.25) is 4.98 Å². The highest BCUT2D eigenvalue weighted by atomic mass is 15.2. The van der Waals surface area contributed by atoms with Crippen molar-refractivity contribution in [3.05, 3.63) is 42.0 Å². The van der Waals surface area contributed by atoms with Gasteiger partial charge < -0.3 is 9.88 Å². The molecule has 1 N–H and O–H groups in total. The topological polar surface area (TPSA) is 42.7 Å². The van der Waals surface area contributed by atoms with Crippen LogP contribution in [-0.4, -0.2) is 14.5 Å². The summed E-state index contributed by atoms with van der Waals surface area (Å²) in [5, 5.41) is 3.44. The van der Waals surface area contributed by atoms with Crippen LogP contribution in [0.15, 0.2) is 30.7 Å². The van der Waals surface area contributed by atoms with Crippen molar-refractivity contribution < 1.29 is 0 Å². The molecule has 1 atom stereocenters. The Labute approximate surface area is 108 Å². The highest BCUT2D eigenvalue weighted by molar-refractivity contribution is 5.33. The predicted octanol–water partition coefficient (Wildman–Crippen LogP) is 3.17. The van der Waals surface area contributed by atoms with Crippen LogP contribution in [0.4, 0.5) is 5.95 Å². The Morgan fingerprint density at radius 2 is 2.28 bits per heavy atom. The van der Waals surface area contributed by atoms with Gasteiger partial charge in [-0.2, -0.15) is 0 Å². The molecule has 4 nitrogen and oxygen atoms in total. The van der Waals surface area contributed by atoms with Crippen molar-refractivity contribution >= 4 is 5.95 Å². The average Bonchev–Trinajstić information content (AvgIpc) is 2.71. The van der Waals surface area contributed by atoms with Gasteiger partial charge >= 0.3 is 0 Å². The molecule has 0 aliphatic heterocycles. The van der Waals surface area contributed by atoms with Gasteiger partial charge in [0.15, 0.2) is 0 Å². The van der Waals surface area contributed by atoms with Gasteiger partial charge in [0.05, 0.1) is 11.7 Å². The number of anilines is 1. The monoisotopic (exact) mass is 244 g/mol. The van der Waals surface area contributed by atoms with E-state index in [1.165, 1.54) is 5.56 Å². The van der Waals surface area contributed by atoms with Crippen LogP contribution in [0.3, 0.4) is 0 Å². The molecule has 2 rings (SSSR count). The van der Waals surface area contributed by atoms with E-state index in [0.717, 1.165) is 24.6 Å². The van der Waals surface area contributed by atoms with E-state index < -0.39 is 0 Å². The lowest BCUT2D eigenvalue weighted by atomic mass is 10.1. The summed E-state index contributed by atoms with van der Waals surface area (Å²) in [5.74, 6) is 0.936. The fraction of sp³-hybridized carbons (Fsp3) is 0.429. The van der Waals surface area contributed by atoms with Crippen molar-refractivity contribution in [3.63, 3.8) is 0 Å². The number of hydrogen-bond acceptors (Lipinski definition) is 3. The molecular formula is C14H20N4. The summed E-state index contributed by atoms with van der Waals surface area (Å²) in [4.78, 5) is 8.67. The third-order valence-electron chi connectivity index (χ3n) is 2.89. The number of hydrogen-bond donors (Lipinski definition) is 1. The molecule has 0 saturated carbocycles. The molecule has 2 aromatic heterocycles.